The van der Waals surface area contributed by atoms with Gasteiger partial charge in [0.1, 0.15) is 0 Å². The van der Waals surface area contributed by atoms with Crippen molar-refractivity contribution in [2.45, 2.75) is 89.0 Å². The number of nitrogens with zero attached hydrogens (tertiary/aromatic N) is 3. The second-order valence-electron chi connectivity index (χ2n) is 18.1. The molecule has 0 spiro atoms. The van der Waals surface area contributed by atoms with Gasteiger partial charge in [-0.3, -0.25) is 0 Å². The van der Waals surface area contributed by atoms with Crippen molar-refractivity contribution in [3.63, 3.8) is 0 Å². The zero-order valence-corrected chi connectivity index (χ0v) is 32.3. The Labute approximate surface area is 325 Å². The van der Waals surface area contributed by atoms with Crippen molar-refractivity contribution in [3.05, 3.63) is 138 Å². The fraction of sp³-hybridized carbons (Fsp3) is 0.280. The minimum absolute atomic E-state index is 0.00883. The van der Waals surface area contributed by atoms with E-state index >= 15 is 0 Å². The summed E-state index contributed by atoms with van der Waals surface area (Å²) >= 11 is 0. The molecule has 6 aromatic rings. The zero-order valence-electron chi connectivity index (χ0n) is 32.3. The molecular formula is C50H46BN3O. The highest BCUT2D eigenvalue weighted by Crippen LogP contribution is 2.62. The molecule has 4 aliphatic heterocycles. The van der Waals surface area contributed by atoms with Crippen molar-refractivity contribution in [3.8, 4) is 11.5 Å². The molecule has 6 aliphatic rings. The number of hydrogen-bond donors (Lipinski definition) is 0. The Bertz CT molecular complexity index is 2630. The van der Waals surface area contributed by atoms with Crippen LogP contribution in [0.15, 0.2) is 121 Å². The van der Waals surface area contributed by atoms with Crippen LogP contribution in [0, 0.1) is 0 Å². The van der Waals surface area contributed by atoms with Gasteiger partial charge in [0.15, 0.2) is 11.5 Å². The molecule has 0 aromatic heterocycles. The zero-order chi connectivity index (χ0) is 36.8. The Morgan fingerprint density at radius 2 is 1.20 bits per heavy atom. The van der Waals surface area contributed by atoms with Gasteiger partial charge in [0, 0.05) is 39.5 Å². The molecule has 6 aromatic carbocycles. The summed E-state index contributed by atoms with van der Waals surface area (Å²) in [5, 5.41) is 0. The van der Waals surface area contributed by atoms with Crippen LogP contribution in [0.4, 0.5) is 45.5 Å². The number of ether oxygens (including phenoxy) is 1. The largest absolute Gasteiger partial charge is 0.453 e. The predicted octanol–water partition coefficient (Wildman–Crippen LogP) is 11.2. The summed E-state index contributed by atoms with van der Waals surface area (Å²) in [6.45, 7) is 10.0. The minimum atomic E-state index is 0.00883. The van der Waals surface area contributed by atoms with Crippen molar-refractivity contribution in [2.75, 3.05) is 14.7 Å². The van der Waals surface area contributed by atoms with Gasteiger partial charge < -0.3 is 19.4 Å². The fourth-order valence-electron chi connectivity index (χ4n) is 12.0. The summed E-state index contributed by atoms with van der Waals surface area (Å²) in [6.07, 6.45) is 8.52. The van der Waals surface area contributed by atoms with Gasteiger partial charge in [-0.05, 0) is 138 Å². The van der Waals surface area contributed by atoms with Crippen molar-refractivity contribution in [1.82, 2.24) is 0 Å². The van der Waals surface area contributed by atoms with E-state index in [0.717, 1.165) is 35.0 Å². The lowest BCUT2D eigenvalue weighted by atomic mass is 9.33. The van der Waals surface area contributed by atoms with Gasteiger partial charge in [0.25, 0.3) is 6.71 Å². The maximum Gasteiger partial charge on any atom is 0.252 e. The third-order valence-corrected chi connectivity index (χ3v) is 14.9. The lowest BCUT2D eigenvalue weighted by Crippen LogP contribution is -2.64. The van der Waals surface area contributed by atoms with Crippen LogP contribution >= 0.6 is 0 Å². The first-order valence-corrected chi connectivity index (χ1v) is 20.6. The molecule has 4 nitrogen and oxygen atoms in total. The lowest BCUT2D eigenvalue weighted by Gasteiger charge is -2.52. The summed E-state index contributed by atoms with van der Waals surface area (Å²) in [5.41, 5.74) is 18.6. The first kappa shape index (κ1) is 31.9. The molecule has 1 fully saturated rings. The quantitative estimate of drug-likeness (QED) is 0.158. The molecule has 55 heavy (non-hydrogen) atoms. The molecule has 270 valence electrons. The Balaban J connectivity index is 1.15. The summed E-state index contributed by atoms with van der Waals surface area (Å²) < 4.78 is 7.14. The highest BCUT2D eigenvalue weighted by Gasteiger charge is 2.61. The van der Waals surface area contributed by atoms with E-state index in [4.69, 9.17) is 4.74 Å². The molecule has 4 heterocycles. The van der Waals surface area contributed by atoms with Crippen LogP contribution in [0.3, 0.4) is 0 Å². The average Bonchev–Trinajstić information content (AvgIpc) is 3.41. The standard InChI is InChI=1S/C50H46BN3O/c1-48(2)27-13-14-32-30-33(21-23-35(32)48)52-34-22-25-38-43(31-34)53(41-18-8-10-20-45(41)55-44-19-9-7-17-40(44)52)42-26-24-36-47-46(42)51(38)37-15-5-6-16-39(37)54(47)50(4)29-12-11-28-49(36,50)3/h5-10,15-26,30-31H,11-14,27-29H2,1-4H3. The molecule has 0 amide bonds. The van der Waals surface area contributed by atoms with Crippen molar-refractivity contribution >= 4 is 68.6 Å². The van der Waals surface area contributed by atoms with E-state index in [2.05, 4.69) is 164 Å². The van der Waals surface area contributed by atoms with Crippen LogP contribution < -0.4 is 35.8 Å². The van der Waals surface area contributed by atoms with Crippen LogP contribution in [0.25, 0.3) is 0 Å². The fourth-order valence-corrected chi connectivity index (χ4v) is 12.0. The number of rotatable bonds is 1. The van der Waals surface area contributed by atoms with Crippen LogP contribution in [-0.2, 0) is 17.3 Å². The second kappa shape index (κ2) is 10.9. The van der Waals surface area contributed by atoms with Gasteiger partial charge in [-0.15, -0.1) is 0 Å². The minimum Gasteiger partial charge on any atom is -0.453 e. The van der Waals surface area contributed by atoms with E-state index in [1.807, 2.05) is 0 Å². The maximum atomic E-state index is 7.14. The summed E-state index contributed by atoms with van der Waals surface area (Å²) in [5.74, 6) is 1.70. The third-order valence-electron chi connectivity index (χ3n) is 14.9. The van der Waals surface area contributed by atoms with Crippen LogP contribution in [0.2, 0.25) is 0 Å². The number of anilines is 8. The van der Waals surface area contributed by atoms with Gasteiger partial charge in [-0.2, -0.15) is 0 Å². The number of fused-ring (bicyclic) bond motifs is 13. The Morgan fingerprint density at radius 3 is 2.02 bits per heavy atom. The SMILES string of the molecule is CC1(C)CCCc2cc(N3c4ccc5c(c4)N(c4ccccc4Oc4ccccc43)c3ccc4c6c3B5c3ccccc3N6C3(C)CCCCC43C)ccc21. The molecule has 0 N–H and O–H groups in total. The van der Waals surface area contributed by atoms with E-state index in [9.17, 15) is 0 Å². The number of aryl methyl sites for hydroxylation is 1. The molecular weight excluding hydrogens is 669 g/mol. The van der Waals surface area contributed by atoms with E-state index in [1.54, 1.807) is 0 Å². The van der Waals surface area contributed by atoms with Crippen LogP contribution in [0.1, 0.15) is 82.9 Å². The summed E-state index contributed by atoms with van der Waals surface area (Å²) in [7, 11) is 0. The topological polar surface area (TPSA) is 19.0 Å². The molecule has 2 bridgehead atoms. The third kappa shape index (κ3) is 4.04. The highest BCUT2D eigenvalue weighted by atomic mass is 16.5. The second-order valence-corrected chi connectivity index (χ2v) is 18.1. The van der Waals surface area contributed by atoms with E-state index < -0.39 is 0 Å². The average molecular weight is 716 g/mol. The molecule has 12 rings (SSSR count). The van der Waals surface area contributed by atoms with Crippen molar-refractivity contribution < 1.29 is 4.74 Å². The smallest absolute Gasteiger partial charge is 0.252 e. The molecule has 2 aliphatic carbocycles. The summed E-state index contributed by atoms with van der Waals surface area (Å²) in [4.78, 5) is 7.76. The Morgan fingerprint density at radius 1 is 0.545 bits per heavy atom. The van der Waals surface area contributed by atoms with Gasteiger partial charge >= 0.3 is 0 Å². The molecule has 2 atom stereocenters. The lowest BCUT2D eigenvalue weighted by molar-refractivity contribution is 0.195. The van der Waals surface area contributed by atoms with Crippen LogP contribution in [-0.4, -0.2) is 12.3 Å². The number of benzene rings is 6. The highest BCUT2D eigenvalue weighted by molar-refractivity contribution is 7.00. The number of para-hydroxylation sites is 5. The van der Waals surface area contributed by atoms with Gasteiger partial charge in [-0.1, -0.05) is 94.3 Å². The number of hydrogen-bond acceptors (Lipinski definition) is 4. The van der Waals surface area contributed by atoms with E-state index in [1.165, 1.54) is 100 Å². The normalized spacial score (nSPS) is 23.1. The Hall–Kier alpha value is -5.42. The van der Waals surface area contributed by atoms with E-state index in [0.29, 0.717) is 0 Å². The predicted molar refractivity (Wildman–Crippen MR) is 229 cm³/mol. The van der Waals surface area contributed by atoms with E-state index in [-0.39, 0.29) is 23.1 Å². The molecule has 1 saturated carbocycles. The molecule has 5 heteroatoms. The van der Waals surface area contributed by atoms with Gasteiger partial charge in [-0.25, -0.2) is 0 Å². The Kier molecular flexibility index (Phi) is 6.30. The van der Waals surface area contributed by atoms with Gasteiger partial charge in [0.05, 0.1) is 16.9 Å². The summed E-state index contributed by atoms with van der Waals surface area (Å²) in [6, 6.07) is 46.0. The monoisotopic (exact) mass is 715 g/mol. The van der Waals surface area contributed by atoms with Crippen molar-refractivity contribution in [1.29, 1.82) is 0 Å². The first-order chi connectivity index (χ1) is 26.8. The molecule has 0 saturated heterocycles. The molecule has 0 radical (unpaired) electrons. The van der Waals surface area contributed by atoms with Crippen LogP contribution in [0.5, 0.6) is 11.5 Å². The maximum absolute atomic E-state index is 7.14. The van der Waals surface area contributed by atoms with Crippen molar-refractivity contribution in [2.24, 2.45) is 0 Å². The molecule has 2 unspecified atom stereocenters. The van der Waals surface area contributed by atoms with Gasteiger partial charge in [0.2, 0.25) is 0 Å². The first-order valence-electron chi connectivity index (χ1n) is 20.6.